The van der Waals surface area contributed by atoms with Gasteiger partial charge in [0.25, 0.3) is 0 Å². The van der Waals surface area contributed by atoms with Crippen molar-refractivity contribution in [3.63, 3.8) is 0 Å². The molecular weight excluding hydrogens is 229 g/mol. The molecule has 1 saturated carbocycles. The summed E-state index contributed by atoms with van der Waals surface area (Å²) in [4.78, 5) is 0. The minimum Gasteiger partial charge on any atom is -0.495 e. The number of alkyl halides is 3. The Labute approximate surface area is 97.6 Å². The van der Waals surface area contributed by atoms with Crippen LogP contribution in [0.1, 0.15) is 12.0 Å². The highest BCUT2D eigenvalue weighted by Crippen LogP contribution is 2.49. The van der Waals surface area contributed by atoms with Crippen molar-refractivity contribution in [2.75, 3.05) is 7.11 Å². The lowest BCUT2D eigenvalue weighted by Gasteiger charge is -2.02. The van der Waals surface area contributed by atoms with Gasteiger partial charge in [-0.3, -0.25) is 0 Å². The van der Waals surface area contributed by atoms with E-state index in [-0.39, 0.29) is 6.42 Å². The van der Waals surface area contributed by atoms with E-state index in [2.05, 4.69) is 11.8 Å². The normalized spacial score (nSPS) is 22.6. The first-order valence-corrected chi connectivity index (χ1v) is 5.23. The molecule has 1 fully saturated rings. The van der Waals surface area contributed by atoms with Gasteiger partial charge in [-0.2, -0.15) is 13.2 Å². The minimum atomic E-state index is -4.11. The SMILES string of the molecule is COc1ccccc1C#C[C@@H]1C[C@H]1C(F)(F)F. The summed E-state index contributed by atoms with van der Waals surface area (Å²) in [5.74, 6) is 4.19. The molecule has 4 heteroatoms. The van der Waals surface area contributed by atoms with Gasteiger partial charge in [-0.05, 0) is 18.6 Å². The molecule has 0 aliphatic heterocycles. The molecule has 17 heavy (non-hydrogen) atoms. The lowest BCUT2D eigenvalue weighted by Crippen LogP contribution is -2.11. The fourth-order valence-electron chi connectivity index (χ4n) is 1.63. The van der Waals surface area contributed by atoms with Crippen molar-refractivity contribution in [3.05, 3.63) is 29.8 Å². The summed E-state index contributed by atoms with van der Waals surface area (Å²) in [6.45, 7) is 0. The molecule has 1 aliphatic carbocycles. The predicted molar refractivity (Wildman–Crippen MR) is 57.5 cm³/mol. The Kier molecular flexibility index (Phi) is 3.01. The lowest BCUT2D eigenvalue weighted by atomic mass is 10.2. The Morgan fingerprint density at radius 3 is 2.59 bits per heavy atom. The Balaban J connectivity index is 2.09. The third-order valence-electron chi connectivity index (χ3n) is 2.71. The van der Waals surface area contributed by atoms with E-state index in [4.69, 9.17) is 4.74 Å². The molecular formula is C13H11F3O. The van der Waals surface area contributed by atoms with Crippen LogP contribution in [0, 0.1) is 23.7 Å². The van der Waals surface area contributed by atoms with Gasteiger partial charge in [-0.15, -0.1) is 0 Å². The van der Waals surface area contributed by atoms with E-state index in [1.807, 2.05) is 0 Å². The molecule has 90 valence electrons. The van der Waals surface area contributed by atoms with E-state index in [9.17, 15) is 13.2 Å². The van der Waals surface area contributed by atoms with Crippen molar-refractivity contribution in [2.24, 2.45) is 11.8 Å². The van der Waals surface area contributed by atoms with Crippen molar-refractivity contribution >= 4 is 0 Å². The third-order valence-corrected chi connectivity index (χ3v) is 2.71. The van der Waals surface area contributed by atoms with E-state index in [1.54, 1.807) is 24.3 Å². The fourth-order valence-corrected chi connectivity index (χ4v) is 1.63. The van der Waals surface area contributed by atoms with Crippen LogP contribution in [0.15, 0.2) is 24.3 Å². The van der Waals surface area contributed by atoms with Crippen LogP contribution in [0.25, 0.3) is 0 Å². The Morgan fingerprint density at radius 2 is 2.00 bits per heavy atom. The Morgan fingerprint density at radius 1 is 1.29 bits per heavy atom. The number of benzene rings is 1. The average Bonchev–Trinajstić information content (AvgIpc) is 3.06. The monoisotopic (exact) mass is 240 g/mol. The molecule has 0 amide bonds. The molecule has 0 aromatic heterocycles. The fraction of sp³-hybridized carbons (Fsp3) is 0.385. The number of para-hydroxylation sites is 1. The Bertz CT molecular complexity index is 468. The quantitative estimate of drug-likeness (QED) is 0.685. The average molecular weight is 240 g/mol. The van der Waals surface area contributed by atoms with Gasteiger partial charge in [0.2, 0.25) is 0 Å². The summed E-state index contributed by atoms with van der Waals surface area (Å²) >= 11 is 0. The van der Waals surface area contributed by atoms with E-state index >= 15 is 0 Å². The zero-order valence-corrected chi connectivity index (χ0v) is 9.21. The highest BCUT2D eigenvalue weighted by Gasteiger charge is 2.55. The van der Waals surface area contributed by atoms with E-state index < -0.39 is 18.0 Å². The molecule has 0 bridgehead atoms. The molecule has 1 nitrogen and oxygen atoms in total. The predicted octanol–water partition coefficient (Wildman–Crippen LogP) is 3.25. The van der Waals surface area contributed by atoms with Crippen LogP contribution >= 0.6 is 0 Å². The third kappa shape index (κ3) is 2.73. The van der Waals surface area contributed by atoms with Gasteiger partial charge in [-0.1, -0.05) is 24.0 Å². The molecule has 1 aromatic rings. The first-order chi connectivity index (χ1) is 8.02. The lowest BCUT2D eigenvalue weighted by molar-refractivity contribution is -0.149. The van der Waals surface area contributed by atoms with Crippen LogP contribution in [0.2, 0.25) is 0 Å². The summed E-state index contributed by atoms with van der Waals surface area (Å²) in [7, 11) is 1.51. The van der Waals surface area contributed by atoms with Crippen LogP contribution in [-0.4, -0.2) is 13.3 Å². The number of methoxy groups -OCH3 is 1. The molecule has 0 heterocycles. The molecule has 1 aromatic carbocycles. The van der Waals surface area contributed by atoms with Crippen molar-refractivity contribution in [3.8, 4) is 17.6 Å². The number of rotatable bonds is 1. The molecule has 0 unspecified atom stereocenters. The molecule has 0 spiro atoms. The zero-order valence-electron chi connectivity index (χ0n) is 9.21. The maximum Gasteiger partial charge on any atom is 0.393 e. The maximum atomic E-state index is 12.3. The second kappa shape index (κ2) is 4.33. The summed E-state index contributed by atoms with van der Waals surface area (Å²) in [6.07, 6.45) is -3.99. The number of halogens is 3. The zero-order chi connectivity index (χ0) is 12.5. The van der Waals surface area contributed by atoms with Crippen LogP contribution in [0.3, 0.4) is 0 Å². The summed E-state index contributed by atoms with van der Waals surface area (Å²) < 4.78 is 41.9. The van der Waals surface area contributed by atoms with Crippen molar-refractivity contribution in [1.82, 2.24) is 0 Å². The summed E-state index contributed by atoms with van der Waals surface area (Å²) in [6, 6.07) is 7.04. The van der Waals surface area contributed by atoms with Crippen LogP contribution in [0.5, 0.6) is 5.75 Å². The molecule has 2 rings (SSSR count). The number of ether oxygens (including phenoxy) is 1. The highest BCUT2D eigenvalue weighted by atomic mass is 19.4. The van der Waals surface area contributed by atoms with Crippen LogP contribution in [-0.2, 0) is 0 Å². The van der Waals surface area contributed by atoms with Gasteiger partial charge in [0, 0.05) is 5.92 Å². The van der Waals surface area contributed by atoms with Gasteiger partial charge in [0.15, 0.2) is 0 Å². The standard InChI is InChI=1S/C13H11F3O/c1-17-12-5-3-2-4-9(12)6-7-10-8-11(10)13(14,15)16/h2-5,10-11H,8H2,1H3/t10-,11-/m1/s1. The second-order valence-electron chi connectivity index (χ2n) is 3.96. The van der Waals surface area contributed by atoms with Crippen LogP contribution < -0.4 is 4.74 Å². The number of hydrogen-bond acceptors (Lipinski definition) is 1. The maximum absolute atomic E-state index is 12.3. The van der Waals surface area contributed by atoms with Crippen LogP contribution in [0.4, 0.5) is 13.2 Å². The van der Waals surface area contributed by atoms with E-state index in [0.29, 0.717) is 11.3 Å². The minimum absolute atomic E-state index is 0.117. The molecule has 0 radical (unpaired) electrons. The first kappa shape index (κ1) is 11.8. The molecule has 1 aliphatic rings. The van der Waals surface area contributed by atoms with Crippen molar-refractivity contribution < 1.29 is 17.9 Å². The largest absolute Gasteiger partial charge is 0.495 e. The van der Waals surface area contributed by atoms with E-state index in [0.717, 1.165) is 0 Å². The van der Waals surface area contributed by atoms with Gasteiger partial charge in [-0.25, -0.2) is 0 Å². The first-order valence-electron chi connectivity index (χ1n) is 5.23. The Hall–Kier alpha value is -1.63. The van der Waals surface area contributed by atoms with Crippen molar-refractivity contribution in [1.29, 1.82) is 0 Å². The van der Waals surface area contributed by atoms with Crippen molar-refractivity contribution in [2.45, 2.75) is 12.6 Å². The summed E-state index contributed by atoms with van der Waals surface area (Å²) in [5, 5.41) is 0. The van der Waals surface area contributed by atoms with Gasteiger partial charge >= 0.3 is 6.18 Å². The number of hydrogen-bond donors (Lipinski definition) is 0. The smallest absolute Gasteiger partial charge is 0.393 e. The topological polar surface area (TPSA) is 9.23 Å². The molecule has 2 atom stereocenters. The van der Waals surface area contributed by atoms with E-state index in [1.165, 1.54) is 7.11 Å². The van der Waals surface area contributed by atoms with Gasteiger partial charge < -0.3 is 4.74 Å². The molecule has 0 saturated heterocycles. The van der Waals surface area contributed by atoms with Gasteiger partial charge in [0.05, 0.1) is 18.6 Å². The molecule has 0 N–H and O–H groups in total. The van der Waals surface area contributed by atoms with Gasteiger partial charge in [0.1, 0.15) is 5.75 Å². The second-order valence-corrected chi connectivity index (χ2v) is 3.96. The highest BCUT2D eigenvalue weighted by molar-refractivity contribution is 5.46. The summed E-state index contributed by atoms with van der Waals surface area (Å²) in [5.41, 5.74) is 0.628.